The summed E-state index contributed by atoms with van der Waals surface area (Å²) in [6, 6.07) is 3.04. The molecule has 128 valence electrons. The Labute approximate surface area is 136 Å². The van der Waals surface area contributed by atoms with Gasteiger partial charge >= 0.3 is 0 Å². The van der Waals surface area contributed by atoms with Gasteiger partial charge in [0.1, 0.15) is 6.61 Å². The van der Waals surface area contributed by atoms with Crippen molar-refractivity contribution in [2.45, 2.75) is 45.3 Å². The van der Waals surface area contributed by atoms with E-state index in [1.165, 1.54) is 23.5 Å². The SMILES string of the molecule is COCCn1cc(NC(=O)CO[C@H]2CCCC[C@@H]2C)ccc1=O. The van der Waals surface area contributed by atoms with Crippen LogP contribution in [-0.4, -0.2) is 36.9 Å². The fraction of sp³-hybridized carbons (Fsp3) is 0.647. The van der Waals surface area contributed by atoms with Gasteiger partial charge in [-0.05, 0) is 24.8 Å². The van der Waals surface area contributed by atoms with E-state index in [-0.39, 0.29) is 24.2 Å². The lowest BCUT2D eigenvalue weighted by atomic mass is 9.88. The number of ether oxygens (including phenoxy) is 2. The van der Waals surface area contributed by atoms with Crippen molar-refractivity contribution in [3.8, 4) is 0 Å². The maximum Gasteiger partial charge on any atom is 0.250 e. The molecule has 0 bridgehead atoms. The van der Waals surface area contributed by atoms with Crippen molar-refractivity contribution in [3.05, 3.63) is 28.7 Å². The maximum absolute atomic E-state index is 12.0. The molecule has 23 heavy (non-hydrogen) atoms. The Morgan fingerprint density at radius 3 is 2.87 bits per heavy atom. The molecule has 6 nitrogen and oxygen atoms in total. The number of carbonyl (C=O) groups excluding carboxylic acids is 1. The molecule has 1 amide bonds. The quantitative estimate of drug-likeness (QED) is 0.834. The third kappa shape index (κ3) is 5.48. The average molecular weight is 322 g/mol. The minimum Gasteiger partial charge on any atom is -0.383 e. The van der Waals surface area contributed by atoms with Gasteiger partial charge in [0.2, 0.25) is 5.91 Å². The highest BCUT2D eigenvalue weighted by atomic mass is 16.5. The summed E-state index contributed by atoms with van der Waals surface area (Å²) in [4.78, 5) is 23.7. The Hall–Kier alpha value is -1.66. The van der Waals surface area contributed by atoms with Crippen LogP contribution in [0.1, 0.15) is 32.6 Å². The van der Waals surface area contributed by atoms with Gasteiger partial charge in [-0.3, -0.25) is 9.59 Å². The highest BCUT2D eigenvalue weighted by Crippen LogP contribution is 2.26. The van der Waals surface area contributed by atoms with Gasteiger partial charge in [-0.15, -0.1) is 0 Å². The van der Waals surface area contributed by atoms with Crippen molar-refractivity contribution < 1.29 is 14.3 Å². The van der Waals surface area contributed by atoms with E-state index in [0.717, 1.165) is 12.8 Å². The number of anilines is 1. The maximum atomic E-state index is 12.0. The molecule has 1 aromatic rings. The summed E-state index contributed by atoms with van der Waals surface area (Å²) in [5.41, 5.74) is 0.471. The first-order valence-electron chi connectivity index (χ1n) is 8.21. The summed E-state index contributed by atoms with van der Waals surface area (Å²) in [7, 11) is 1.58. The van der Waals surface area contributed by atoms with Crippen molar-refractivity contribution in [2.24, 2.45) is 5.92 Å². The Kier molecular flexibility index (Phi) is 6.80. The van der Waals surface area contributed by atoms with E-state index in [1.807, 2.05) is 0 Å². The molecule has 0 radical (unpaired) electrons. The Balaban J connectivity index is 1.86. The number of hydrogen-bond acceptors (Lipinski definition) is 4. The van der Waals surface area contributed by atoms with E-state index in [2.05, 4.69) is 12.2 Å². The van der Waals surface area contributed by atoms with Crippen LogP contribution in [0.3, 0.4) is 0 Å². The number of rotatable bonds is 7. The summed E-state index contributed by atoms with van der Waals surface area (Å²) in [5.74, 6) is 0.312. The number of methoxy groups -OCH3 is 1. The van der Waals surface area contributed by atoms with Gasteiger partial charge in [0, 0.05) is 25.9 Å². The van der Waals surface area contributed by atoms with Crippen molar-refractivity contribution in [1.29, 1.82) is 0 Å². The average Bonchev–Trinajstić information content (AvgIpc) is 2.54. The van der Waals surface area contributed by atoms with Crippen molar-refractivity contribution >= 4 is 11.6 Å². The Bertz CT molecular complexity index is 570. The molecule has 0 spiro atoms. The zero-order valence-electron chi connectivity index (χ0n) is 13.9. The molecule has 1 N–H and O–H groups in total. The van der Waals surface area contributed by atoms with Crippen LogP contribution in [-0.2, 0) is 20.8 Å². The molecule has 0 aliphatic heterocycles. The smallest absolute Gasteiger partial charge is 0.250 e. The third-order valence-corrected chi connectivity index (χ3v) is 4.26. The summed E-state index contributed by atoms with van der Waals surface area (Å²) >= 11 is 0. The van der Waals surface area contributed by atoms with Crippen LogP contribution in [0.15, 0.2) is 23.1 Å². The fourth-order valence-corrected chi connectivity index (χ4v) is 2.88. The molecular weight excluding hydrogens is 296 g/mol. The molecule has 1 heterocycles. The molecule has 0 unspecified atom stereocenters. The van der Waals surface area contributed by atoms with Gasteiger partial charge in [-0.25, -0.2) is 0 Å². The molecule has 1 fully saturated rings. The van der Waals surface area contributed by atoms with E-state index in [9.17, 15) is 9.59 Å². The van der Waals surface area contributed by atoms with Crippen LogP contribution in [0.5, 0.6) is 0 Å². The molecule has 0 saturated heterocycles. The van der Waals surface area contributed by atoms with E-state index < -0.39 is 0 Å². The highest BCUT2D eigenvalue weighted by Gasteiger charge is 2.22. The van der Waals surface area contributed by atoms with E-state index in [1.54, 1.807) is 19.4 Å². The van der Waals surface area contributed by atoms with Gasteiger partial charge in [0.15, 0.2) is 0 Å². The zero-order chi connectivity index (χ0) is 16.7. The van der Waals surface area contributed by atoms with Crippen LogP contribution in [0.2, 0.25) is 0 Å². The largest absolute Gasteiger partial charge is 0.383 e. The van der Waals surface area contributed by atoms with Crippen molar-refractivity contribution in [1.82, 2.24) is 4.57 Å². The Morgan fingerprint density at radius 1 is 1.35 bits per heavy atom. The first-order valence-corrected chi connectivity index (χ1v) is 8.21. The van der Waals surface area contributed by atoms with Crippen LogP contribution in [0.4, 0.5) is 5.69 Å². The number of hydrogen-bond donors (Lipinski definition) is 1. The van der Waals surface area contributed by atoms with Crippen molar-refractivity contribution in [2.75, 3.05) is 25.6 Å². The number of amides is 1. The topological polar surface area (TPSA) is 69.6 Å². The second kappa shape index (κ2) is 8.84. The summed E-state index contributed by atoms with van der Waals surface area (Å²) < 4.78 is 12.2. The predicted octanol–water partition coefficient (Wildman–Crippen LogP) is 2.03. The molecule has 1 saturated carbocycles. The Morgan fingerprint density at radius 2 is 2.13 bits per heavy atom. The molecular formula is C17H26N2O4. The first kappa shape index (κ1) is 17.7. The molecule has 2 rings (SSSR count). The third-order valence-electron chi connectivity index (χ3n) is 4.26. The normalized spacial score (nSPS) is 21.1. The minimum absolute atomic E-state index is 0.0478. The van der Waals surface area contributed by atoms with E-state index in [0.29, 0.717) is 24.8 Å². The molecule has 0 aromatic carbocycles. The van der Waals surface area contributed by atoms with Crippen LogP contribution in [0, 0.1) is 5.92 Å². The monoisotopic (exact) mass is 322 g/mol. The minimum atomic E-state index is -0.195. The number of aromatic nitrogens is 1. The lowest BCUT2D eigenvalue weighted by molar-refractivity contribution is -0.124. The van der Waals surface area contributed by atoms with E-state index >= 15 is 0 Å². The van der Waals surface area contributed by atoms with E-state index in [4.69, 9.17) is 9.47 Å². The van der Waals surface area contributed by atoms with Crippen molar-refractivity contribution in [3.63, 3.8) is 0 Å². The predicted molar refractivity (Wildman–Crippen MR) is 88.6 cm³/mol. The molecule has 2 atom stereocenters. The van der Waals surface area contributed by atoms with Gasteiger partial charge in [-0.2, -0.15) is 0 Å². The number of pyridine rings is 1. The second-order valence-electron chi connectivity index (χ2n) is 6.10. The molecule has 6 heteroatoms. The summed E-state index contributed by atoms with van der Waals surface area (Å²) in [6.07, 6.45) is 6.40. The number of nitrogens with one attached hydrogen (secondary N) is 1. The molecule has 1 aliphatic carbocycles. The highest BCUT2D eigenvalue weighted by molar-refractivity contribution is 5.91. The second-order valence-corrected chi connectivity index (χ2v) is 6.10. The molecule has 1 aromatic heterocycles. The van der Waals surface area contributed by atoms with Gasteiger partial charge < -0.3 is 19.4 Å². The zero-order valence-corrected chi connectivity index (χ0v) is 13.9. The van der Waals surface area contributed by atoms with Gasteiger partial charge in [0.25, 0.3) is 5.56 Å². The fourth-order valence-electron chi connectivity index (χ4n) is 2.88. The standard InChI is InChI=1S/C17H26N2O4/c1-13-5-3-4-6-15(13)23-12-16(20)18-14-7-8-17(21)19(11-14)9-10-22-2/h7-8,11,13,15H,3-6,9-10,12H2,1-2H3,(H,18,20)/t13-,15-/m0/s1. The number of nitrogens with zero attached hydrogens (tertiary/aromatic N) is 1. The first-order chi connectivity index (χ1) is 11.1. The lowest BCUT2D eigenvalue weighted by Crippen LogP contribution is -2.30. The van der Waals surface area contributed by atoms with Gasteiger partial charge in [-0.1, -0.05) is 19.8 Å². The van der Waals surface area contributed by atoms with Crippen LogP contribution < -0.4 is 10.9 Å². The summed E-state index contributed by atoms with van der Waals surface area (Å²) in [5, 5.41) is 2.78. The van der Waals surface area contributed by atoms with Crippen LogP contribution >= 0.6 is 0 Å². The van der Waals surface area contributed by atoms with Crippen LogP contribution in [0.25, 0.3) is 0 Å². The number of carbonyl (C=O) groups is 1. The summed E-state index contributed by atoms with van der Waals surface area (Å²) in [6.45, 7) is 3.12. The van der Waals surface area contributed by atoms with Gasteiger partial charge in [0.05, 0.1) is 18.4 Å². The molecule has 1 aliphatic rings. The lowest BCUT2D eigenvalue weighted by Gasteiger charge is -2.28.